The quantitative estimate of drug-likeness (QED) is 0.523. The van der Waals surface area contributed by atoms with Gasteiger partial charge >= 0.3 is 0 Å². The van der Waals surface area contributed by atoms with E-state index in [1.165, 1.54) is 12.0 Å². The molecule has 0 spiro atoms. The molecule has 1 atom stereocenters. The molecule has 88 valence electrons. The fourth-order valence-electron chi connectivity index (χ4n) is 1.58. The highest BCUT2D eigenvalue weighted by Gasteiger charge is 2.08. The number of quaternary nitrogens is 2. The molecule has 0 aliphatic carbocycles. The molecule has 1 unspecified atom stereocenters. The number of hydrogen-bond donors (Lipinski definition) is 2. The van der Waals surface area contributed by atoms with Gasteiger partial charge in [-0.05, 0) is 12.0 Å². The first-order chi connectivity index (χ1) is 6.36. The van der Waals surface area contributed by atoms with Crippen LogP contribution in [0.4, 0.5) is 0 Å². The van der Waals surface area contributed by atoms with Gasteiger partial charge in [0.1, 0.15) is 0 Å². The van der Waals surface area contributed by atoms with E-state index in [4.69, 9.17) is 0 Å². The first kappa shape index (κ1) is 17.1. The zero-order valence-corrected chi connectivity index (χ0v) is 10.5. The predicted octanol–water partition coefficient (Wildman–Crippen LogP) is -6.27. The minimum atomic E-state index is 0. The molecular formula is C11H20Cl2N2. The van der Waals surface area contributed by atoms with Crippen LogP contribution < -0.4 is 36.3 Å². The van der Waals surface area contributed by atoms with Crippen LogP contribution >= 0.6 is 0 Å². The van der Waals surface area contributed by atoms with E-state index in [1.54, 1.807) is 0 Å². The van der Waals surface area contributed by atoms with Gasteiger partial charge in [0.25, 0.3) is 0 Å². The molecule has 0 heterocycles. The molecule has 0 aliphatic heterocycles. The van der Waals surface area contributed by atoms with Crippen molar-refractivity contribution in [3.63, 3.8) is 0 Å². The van der Waals surface area contributed by atoms with Crippen LogP contribution in [0.25, 0.3) is 0 Å². The Morgan fingerprint density at radius 2 is 1.60 bits per heavy atom. The van der Waals surface area contributed by atoms with Gasteiger partial charge in [0.15, 0.2) is 0 Å². The minimum absolute atomic E-state index is 0. The lowest BCUT2D eigenvalue weighted by Crippen LogP contribution is -3.00. The molecule has 0 saturated heterocycles. The van der Waals surface area contributed by atoms with Crippen LogP contribution in [0, 0.1) is 5.92 Å². The summed E-state index contributed by atoms with van der Waals surface area (Å²) in [5, 5.41) is 0. The maximum atomic E-state index is 3.97. The maximum absolute atomic E-state index is 3.97. The normalized spacial score (nSPS) is 11.1. The van der Waals surface area contributed by atoms with Crippen molar-refractivity contribution in [1.29, 1.82) is 0 Å². The van der Waals surface area contributed by atoms with Gasteiger partial charge in [-0.1, -0.05) is 30.3 Å². The lowest BCUT2D eigenvalue weighted by atomic mass is 9.96. The van der Waals surface area contributed by atoms with Crippen LogP contribution in [0.5, 0.6) is 0 Å². The van der Waals surface area contributed by atoms with Gasteiger partial charge in [-0.2, -0.15) is 0 Å². The second-order valence-electron chi connectivity index (χ2n) is 3.49. The molecule has 1 rings (SSSR count). The Labute approximate surface area is 104 Å². The van der Waals surface area contributed by atoms with E-state index in [0.29, 0.717) is 5.92 Å². The van der Waals surface area contributed by atoms with Gasteiger partial charge in [-0.3, -0.25) is 0 Å². The second-order valence-corrected chi connectivity index (χ2v) is 3.49. The Kier molecular flexibility index (Phi) is 11.7. The fraction of sp³-hybridized carbons (Fsp3) is 0.455. The largest absolute Gasteiger partial charge is 1.00 e. The molecule has 0 aromatic heterocycles. The topological polar surface area (TPSA) is 55.3 Å². The smallest absolute Gasteiger partial charge is 0.0773 e. The monoisotopic (exact) mass is 250 g/mol. The van der Waals surface area contributed by atoms with Gasteiger partial charge in [0, 0.05) is 12.3 Å². The van der Waals surface area contributed by atoms with Crippen LogP contribution in [-0.2, 0) is 6.42 Å². The zero-order valence-electron chi connectivity index (χ0n) is 8.96. The van der Waals surface area contributed by atoms with Gasteiger partial charge in [-0.15, -0.1) is 0 Å². The minimum Gasteiger partial charge on any atom is -1.00 e. The van der Waals surface area contributed by atoms with Gasteiger partial charge < -0.3 is 36.3 Å². The molecule has 0 bridgehead atoms. The summed E-state index contributed by atoms with van der Waals surface area (Å²) in [5.41, 5.74) is 9.28. The lowest BCUT2D eigenvalue weighted by Gasteiger charge is -2.09. The van der Waals surface area contributed by atoms with E-state index >= 15 is 0 Å². The molecule has 0 fully saturated rings. The van der Waals surface area contributed by atoms with Crippen molar-refractivity contribution >= 4 is 0 Å². The standard InChI is InChI=1S/C11H18N2.2ClH/c12-7-6-11(9-13)8-10-4-2-1-3-5-10;;/h1-5,11H,6-9,12-13H2;2*1H. The van der Waals surface area contributed by atoms with Crippen LogP contribution in [-0.4, -0.2) is 13.1 Å². The summed E-state index contributed by atoms with van der Waals surface area (Å²) in [6, 6.07) is 10.6. The lowest BCUT2D eigenvalue weighted by molar-refractivity contribution is -0.394. The fourth-order valence-corrected chi connectivity index (χ4v) is 1.58. The van der Waals surface area contributed by atoms with Gasteiger partial charge in [0.05, 0.1) is 13.1 Å². The predicted molar refractivity (Wildman–Crippen MR) is 53.8 cm³/mol. The third-order valence-electron chi connectivity index (χ3n) is 2.39. The molecule has 4 heteroatoms. The van der Waals surface area contributed by atoms with Crippen molar-refractivity contribution in [1.82, 2.24) is 0 Å². The van der Waals surface area contributed by atoms with Crippen molar-refractivity contribution in [2.24, 2.45) is 5.92 Å². The Balaban J connectivity index is 0. The van der Waals surface area contributed by atoms with Gasteiger partial charge in [0.2, 0.25) is 0 Å². The first-order valence-corrected chi connectivity index (χ1v) is 4.99. The summed E-state index contributed by atoms with van der Waals surface area (Å²) in [4.78, 5) is 0. The van der Waals surface area contributed by atoms with Crippen LogP contribution in [0.2, 0.25) is 0 Å². The Morgan fingerprint density at radius 1 is 1.00 bits per heavy atom. The van der Waals surface area contributed by atoms with E-state index in [2.05, 4.69) is 41.8 Å². The summed E-state index contributed by atoms with van der Waals surface area (Å²) in [6.07, 6.45) is 2.35. The number of rotatable bonds is 5. The summed E-state index contributed by atoms with van der Waals surface area (Å²) < 4.78 is 0. The summed E-state index contributed by atoms with van der Waals surface area (Å²) >= 11 is 0. The highest BCUT2D eigenvalue weighted by Crippen LogP contribution is 2.09. The van der Waals surface area contributed by atoms with Gasteiger partial charge in [-0.25, -0.2) is 0 Å². The number of hydrogen-bond acceptors (Lipinski definition) is 0. The van der Waals surface area contributed by atoms with E-state index in [0.717, 1.165) is 19.5 Å². The second kappa shape index (κ2) is 10.2. The molecule has 6 N–H and O–H groups in total. The van der Waals surface area contributed by atoms with Crippen molar-refractivity contribution in [2.45, 2.75) is 12.8 Å². The van der Waals surface area contributed by atoms with E-state index in [-0.39, 0.29) is 24.8 Å². The van der Waals surface area contributed by atoms with E-state index in [9.17, 15) is 0 Å². The molecule has 0 radical (unpaired) electrons. The third kappa shape index (κ3) is 6.74. The van der Waals surface area contributed by atoms with Crippen molar-refractivity contribution in [3.8, 4) is 0 Å². The maximum Gasteiger partial charge on any atom is 0.0773 e. The SMILES string of the molecule is [Cl-].[Cl-].[NH3+]CCC(C[NH3+])Cc1ccccc1. The molecule has 15 heavy (non-hydrogen) atoms. The molecule has 0 saturated carbocycles. The average Bonchev–Trinajstić information content (AvgIpc) is 2.19. The van der Waals surface area contributed by atoms with Crippen molar-refractivity contribution < 1.29 is 36.3 Å². The summed E-state index contributed by atoms with van der Waals surface area (Å²) in [5.74, 6) is 0.708. The van der Waals surface area contributed by atoms with E-state index in [1.807, 2.05) is 0 Å². The number of benzene rings is 1. The molecule has 1 aromatic carbocycles. The van der Waals surface area contributed by atoms with Crippen LogP contribution in [0.1, 0.15) is 12.0 Å². The van der Waals surface area contributed by atoms with Crippen LogP contribution in [0.3, 0.4) is 0 Å². The van der Waals surface area contributed by atoms with Crippen LogP contribution in [0.15, 0.2) is 30.3 Å². The molecule has 0 amide bonds. The third-order valence-corrected chi connectivity index (χ3v) is 2.39. The molecule has 0 aliphatic rings. The highest BCUT2D eigenvalue weighted by atomic mass is 35.5. The molecule has 1 aromatic rings. The first-order valence-electron chi connectivity index (χ1n) is 4.99. The highest BCUT2D eigenvalue weighted by molar-refractivity contribution is 5.15. The molecular weight excluding hydrogens is 231 g/mol. The average molecular weight is 251 g/mol. The zero-order chi connectivity index (χ0) is 9.52. The Morgan fingerprint density at radius 3 is 2.07 bits per heavy atom. The molecule has 2 nitrogen and oxygen atoms in total. The van der Waals surface area contributed by atoms with Crippen molar-refractivity contribution in [2.75, 3.05) is 13.1 Å². The number of halogens is 2. The summed E-state index contributed by atoms with van der Waals surface area (Å²) in [6.45, 7) is 2.04. The van der Waals surface area contributed by atoms with Crippen molar-refractivity contribution in [3.05, 3.63) is 35.9 Å². The Bertz CT molecular complexity index is 229. The van der Waals surface area contributed by atoms with E-state index < -0.39 is 0 Å². The Hall–Kier alpha value is -0.280. The summed E-state index contributed by atoms with van der Waals surface area (Å²) in [7, 11) is 0.